The zero-order valence-corrected chi connectivity index (χ0v) is 18.6. The third kappa shape index (κ3) is 4.69. The number of benzene rings is 4. The zero-order valence-electron chi connectivity index (χ0n) is 18.6. The molecule has 0 spiro atoms. The summed E-state index contributed by atoms with van der Waals surface area (Å²) in [6, 6.07) is 35.5. The fourth-order valence-electron chi connectivity index (χ4n) is 4.33. The molecule has 0 amide bonds. The molecule has 0 fully saturated rings. The number of rotatable bonds is 8. The van der Waals surface area contributed by atoms with Crippen molar-refractivity contribution in [1.82, 2.24) is 4.98 Å². The van der Waals surface area contributed by atoms with Crippen LogP contribution in [0.1, 0.15) is 18.4 Å². The number of aryl methyl sites for hydroxylation is 1. The summed E-state index contributed by atoms with van der Waals surface area (Å²) in [5.41, 5.74) is 13.1. The fraction of sp³-hybridized carbons (Fsp3) is 0.133. The van der Waals surface area contributed by atoms with Crippen molar-refractivity contribution in [1.29, 1.82) is 0 Å². The van der Waals surface area contributed by atoms with Crippen molar-refractivity contribution in [2.45, 2.75) is 19.3 Å². The Bertz CT molecular complexity index is 1320. The second kappa shape index (κ2) is 9.76. The Morgan fingerprint density at radius 2 is 1.30 bits per heavy atom. The summed E-state index contributed by atoms with van der Waals surface area (Å²) in [5, 5.41) is 1.21. The van der Waals surface area contributed by atoms with Crippen LogP contribution in [0.3, 0.4) is 0 Å². The molecule has 1 heterocycles. The van der Waals surface area contributed by atoms with Crippen LogP contribution in [0, 0.1) is 0 Å². The number of aromatic nitrogens is 1. The van der Waals surface area contributed by atoms with E-state index in [-0.39, 0.29) is 0 Å². The van der Waals surface area contributed by atoms with Gasteiger partial charge in [-0.15, -0.1) is 0 Å². The van der Waals surface area contributed by atoms with E-state index in [1.165, 1.54) is 33.3 Å². The van der Waals surface area contributed by atoms with Crippen LogP contribution in [0.4, 0.5) is 0 Å². The van der Waals surface area contributed by atoms with Gasteiger partial charge in [-0.1, -0.05) is 72.8 Å². The number of fused-ring (bicyclic) bond motifs is 1. The maximum atomic E-state index is 6.11. The molecule has 33 heavy (non-hydrogen) atoms. The first-order valence-corrected chi connectivity index (χ1v) is 11.6. The molecule has 0 unspecified atom stereocenters. The number of unbranched alkanes of at least 4 members (excludes halogenated alkanes) is 1. The van der Waals surface area contributed by atoms with Crippen LogP contribution in [-0.2, 0) is 6.42 Å². The molecule has 3 N–H and O–H groups in total. The minimum absolute atomic E-state index is 0.714. The van der Waals surface area contributed by atoms with E-state index in [0.717, 1.165) is 36.3 Å². The van der Waals surface area contributed by atoms with Crippen LogP contribution in [-0.4, -0.2) is 11.5 Å². The van der Waals surface area contributed by atoms with E-state index in [4.69, 9.17) is 10.5 Å². The van der Waals surface area contributed by atoms with Gasteiger partial charge in [0.2, 0.25) is 0 Å². The van der Waals surface area contributed by atoms with Gasteiger partial charge in [-0.25, -0.2) is 0 Å². The summed E-state index contributed by atoms with van der Waals surface area (Å²) in [6.45, 7) is 0.714. The Labute approximate surface area is 194 Å². The standard InChI is InChI=1S/C30H28N2O/c31-20-8-7-13-27-28-21-26(33-25-11-5-2-6-12-25)18-19-29(28)32-30(27)24-16-14-23(15-17-24)22-9-3-1-4-10-22/h1-6,9-12,14-19,21,32H,7-8,13,20,31H2. The highest BCUT2D eigenvalue weighted by Gasteiger charge is 2.14. The lowest BCUT2D eigenvalue weighted by atomic mass is 9.98. The van der Waals surface area contributed by atoms with Crippen LogP contribution >= 0.6 is 0 Å². The lowest BCUT2D eigenvalue weighted by molar-refractivity contribution is 0.483. The summed E-state index contributed by atoms with van der Waals surface area (Å²) < 4.78 is 6.11. The Morgan fingerprint density at radius 1 is 0.636 bits per heavy atom. The van der Waals surface area contributed by atoms with Gasteiger partial charge in [0, 0.05) is 16.6 Å². The molecule has 0 radical (unpaired) electrons. The number of nitrogens with one attached hydrogen (secondary N) is 1. The first-order chi connectivity index (χ1) is 16.3. The van der Waals surface area contributed by atoms with Crippen molar-refractivity contribution < 1.29 is 4.74 Å². The Morgan fingerprint density at radius 3 is 2.03 bits per heavy atom. The molecule has 4 aromatic carbocycles. The largest absolute Gasteiger partial charge is 0.457 e. The highest BCUT2D eigenvalue weighted by Crippen LogP contribution is 2.35. The minimum Gasteiger partial charge on any atom is -0.457 e. The molecule has 3 heteroatoms. The number of nitrogens with two attached hydrogens (primary N) is 1. The monoisotopic (exact) mass is 432 g/mol. The SMILES string of the molecule is NCCCCc1c(-c2ccc(-c3ccccc3)cc2)[nH]c2ccc(Oc3ccccc3)cc12. The molecule has 0 aliphatic rings. The number of H-pyrrole nitrogens is 1. The molecule has 164 valence electrons. The molecular formula is C30H28N2O. The van der Waals surface area contributed by atoms with Crippen LogP contribution in [0.5, 0.6) is 11.5 Å². The third-order valence-electron chi connectivity index (χ3n) is 6.02. The number of para-hydroxylation sites is 1. The van der Waals surface area contributed by atoms with Gasteiger partial charge >= 0.3 is 0 Å². The molecule has 0 atom stereocenters. The molecule has 5 aromatic rings. The summed E-state index contributed by atoms with van der Waals surface area (Å²) >= 11 is 0. The fourth-order valence-corrected chi connectivity index (χ4v) is 4.33. The number of hydrogen-bond donors (Lipinski definition) is 2. The van der Waals surface area contributed by atoms with Crippen molar-refractivity contribution in [2.24, 2.45) is 5.73 Å². The van der Waals surface area contributed by atoms with E-state index in [1.807, 2.05) is 42.5 Å². The van der Waals surface area contributed by atoms with Gasteiger partial charge in [-0.2, -0.15) is 0 Å². The second-order valence-corrected chi connectivity index (χ2v) is 8.29. The molecule has 0 bridgehead atoms. The van der Waals surface area contributed by atoms with E-state index in [2.05, 4.69) is 65.6 Å². The van der Waals surface area contributed by atoms with Crippen molar-refractivity contribution in [2.75, 3.05) is 6.54 Å². The van der Waals surface area contributed by atoms with Gasteiger partial charge in [0.15, 0.2) is 0 Å². The van der Waals surface area contributed by atoms with E-state index < -0.39 is 0 Å². The van der Waals surface area contributed by atoms with Crippen molar-refractivity contribution >= 4 is 10.9 Å². The number of aromatic amines is 1. The molecule has 0 aliphatic carbocycles. The molecule has 1 aromatic heterocycles. The maximum absolute atomic E-state index is 6.11. The van der Waals surface area contributed by atoms with Crippen molar-refractivity contribution in [3.8, 4) is 33.9 Å². The minimum atomic E-state index is 0.714. The Hall–Kier alpha value is -3.82. The van der Waals surface area contributed by atoms with Gasteiger partial charge < -0.3 is 15.5 Å². The van der Waals surface area contributed by atoms with Gasteiger partial charge in [-0.3, -0.25) is 0 Å². The van der Waals surface area contributed by atoms with E-state index in [1.54, 1.807) is 0 Å². The Balaban J connectivity index is 1.52. The average Bonchev–Trinajstić information content (AvgIpc) is 3.23. The van der Waals surface area contributed by atoms with Gasteiger partial charge in [0.1, 0.15) is 11.5 Å². The number of ether oxygens (including phenoxy) is 1. The average molecular weight is 433 g/mol. The van der Waals surface area contributed by atoms with Crippen molar-refractivity contribution in [3.05, 3.63) is 109 Å². The third-order valence-corrected chi connectivity index (χ3v) is 6.02. The predicted molar refractivity (Wildman–Crippen MR) is 138 cm³/mol. The summed E-state index contributed by atoms with van der Waals surface area (Å²) in [5.74, 6) is 1.69. The quantitative estimate of drug-likeness (QED) is 0.248. The van der Waals surface area contributed by atoms with Crippen LogP contribution < -0.4 is 10.5 Å². The zero-order chi connectivity index (χ0) is 22.5. The van der Waals surface area contributed by atoms with E-state index in [0.29, 0.717) is 6.54 Å². The normalized spacial score (nSPS) is 11.1. The summed E-state index contributed by atoms with van der Waals surface area (Å²) in [4.78, 5) is 3.67. The topological polar surface area (TPSA) is 51.0 Å². The summed E-state index contributed by atoms with van der Waals surface area (Å²) in [7, 11) is 0. The molecular weight excluding hydrogens is 404 g/mol. The second-order valence-electron chi connectivity index (χ2n) is 8.29. The highest BCUT2D eigenvalue weighted by atomic mass is 16.5. The first kappa shape index (κ1) is 21.0. The molecule has 0 aliphatic heterocycles. The van der Waals surface area contributed by atoms with Crippen molar-refractivity contribution in [3.63, 3.8) is 0 Å². The first-order valence-electron chi connectivity index (χ1n) is 11.6. The van der Waals surface area contributed by atoms with E-state index >= 15 is 0 Å². The van der Waals surface area contributed by atoms with Crippen LogP contribution in [0.2, 0.25) is 0 Å². The predicted octanol–water partition coefficient (Wildman–Crippen LogP) is 7.58. The lowest BCUT2D eigenvalue weighted by Gasteiger charge is -2.08. The Kier molecular flexibility index (Phi) is 6.23. The highest BCUT2D eigenvalue weighted by molar-refractivity contribution is 5.92. The molecule has 0 saturated carbocycles. The summed E-state index contributed by atoms with van der Waals surface area (Å²) in [6.07, 6.45) is 3.04. The molecule has 0 saturated heterocycles. The van der Waals surface area contributed by atoms with Gasteiger partial charge in [-0.05, 0) is 78.4 Å². The smallest absolute Gasteiger partial charge is 0.128 e. The maximum Gasteiger partial charge on any atom is 0.128 e. The molecule has 3 nitrogen and oxygen atoms in total. The van der Waals surface area contributed by atoms with Crippen LogP contribution in [0.25, 0.3) is 33.3 Å². The lowest BCUT2D eigenvalue weighted by Crippen LogP contribution is -1.99. The number of hydrogen-bond acceptors (Lipinski definition) is 2. The van der Waals surface area contributed by atoms with Crippen LogP contribution in [0.15, 0.2) is 103 Å². The molecule has 5 rings (SSSR count). The van der Waals surface area contributed by atoms with E-state index in [9.17, 15) is 0 Å². The van der Waals surface area contributed by atoms with Gasteiger partial charge in [0.25, 0.3) is 0 Å². The van der Waals surface area contributed by atoms with Gasteiger partial charge in [0.05, 0.1) is 0 Å².